The Labute approximate surface area is 104 Å². The summed E-state index contributed by atoms with van der Waals surface area (Å²) in [5.41, 5.74) is 0. The van der Waals surface area contributed by atoms with Crippen LogP contribution in [0.25, 0.3) is 0 Å². The second kappa shape index (κ2) is 7.31. The van der Waals surface area contributed by atoms with Crippen molar-refractivity contribution >= 4 is 10.0 Å². The summed E-state index contributed by atoms with van der Waals surface area (Å²) < 4.78 is 30.8. The van der Waals surface area contributed by atoms with Gasteiger partial charge in [-0.1, -0.05) is 6.92 Å². The van der Waals surface area contributed by atoms with Crippen LogP contribution in [0, 0.1) is 5.92 Å². The predicted molar refractivity (Wildman–Crippen MR) is 68.5 cm³/mol. The molecular weight excluding hydrogens is 240 g/mol. The van der Waals surface area contributed by atoms with E-state index in [4.69, 9.17) is 4.74 Å². The van der Waals surface area contributed by atoms with E-state index in [2.05, 4.69) is 17.0 Å². The molecule has 102 valence electrons. The zero-order valence-corrected chi connectivity index (χ0v) is 11.6. The molecule has 0 amide bonds. The summed E-state index contributed by atoms with van der Waals surface area (Å²) in [5, 5.41) is 3.36. The molecule has 1 aliphatic heterocycles. The zero-order valence-electron chi connectivity index (χ0n) is 10.7. The highest BCUT2D eigenvalue weighted by Crippen LogP contribution is 2.14. The Morgan fingerprint density at radius 3 is 2.88 bits per heavy atom. The molecule has 2 atom stereocenters. The fourth-order valence-corrected chi connectivity index (χ4v) is 3.15. The van der Waals surface area contributed by atoms with Gasteiger partial charge >= 0.3 is 0 Å². The van der Waals surface area contributed by atoms with Gasteiger partial charge in [0.25, 0.3) is 0 Å². The average Bonchev–Trinajstić information content (AvgIpc) is 2.28. The molecule has 0 spiro atoms. The SMILES string of the molecule is COCCCS(=O)(=O)NCC1NCCCC1C. The second-order valence-corrected chi connectivity index (χ2v) is 6.62. The molecule has 5 nitrogen and oxygen atoms in total. The minimum absolute atomic E-state index is 0.141. The average molecular weight is 264 g/mol. The van der Waals surface area contributed by atoms with Crippen LogP contribution in [0.15, 0.2) is 0 Å². The summed E-state index contributed by atoms with van der Waals surface area (Å²) in [6.07, 6.45) is 2.89. The van der Waals surface area contributed by atoms with Gasteiger partial charge in [-0.25, -0.2) is 13.1 Å². The lowest BCUT2D eigenvalue weighted by Crippen LogP contribution is -2.48. The first-order valence-corrected chi connectivity index (χ1v) is 7.90. The fourth-order valence-electron chi connectivity index (χ4n) is 2.07. The summed E-state index contributed by atoms with van der Waals surface area (Å²) in [7, 11) is -1.57. The molecule has 0 aliphatic carbocycles. The maximum absolute atomic E-state index is 11.7. The Bertz CT molecular complexity index is 306. The van der Waals surface area contributed by atoms with Gasteiger partial charge in [0.2, 0.25) is 10.0 Å². The van der Waals surface area contributed by atoms with Gasteiger partial charge in [0.05, 0.1) is 5.75 Å². The zero-order chi connectivity index (χ0) is 12.7. The van der Waals surface area contributed by atoms with Crippen molar-refractivity contribution in [3.63, 3.8) is 0 Å². The van der Waals surface area contributed by atoms with Crippen molar-refractivity contribution in [3.8, 4) is 0 Å². The van der Waals surface area contributed by atoms with Crippen molar-refractivity contribution in [2.24, 2.45) is 5.92 Å². The lowest BCUT2D eigenvalue weighted by atomic mass is 9.93. The van der Waals surface area contributed by atoms with Crippen LogP contribution in [0.5, 0.6) is 0 Å². The van der Waals surface area contributed by atoms with Crippen molar-refractivity contribution in [1.29, 1.82) is 0 Å². The van der Waals surface area contributed by atoms with E-state index in [1.807, 2.05) is 0 Å². The number of sulfonamides is 1. The molecule has 0 aromatic rings. The van der Waals surface area contributed by atoms with E-state index in [0.29, 0.717) is 25.5 Å². The van der Waals surface area contributed by atoms with Crippen molar-refractivity contribution in [3.05, 3.63) is 0 Å². The first-order chi connectivity index (χ1) is 8.05. The van der Waals surface area contributed by atoms with Gasteiger partial charge in [-0.3, -0.25) is 0 Å². The molecule has 0 radical (unpaired) electrons. The Balaban J connectivity index is 2.28. The standard InChI is InChI=1S/C11H24N2O3S/c1-10-5-3-6-12-11(10)9-13-17(14,15)8-4-7-16-2/h10-13H,3-9H2,1-2H3. The molecule has 2 unspecified atom stereocenters. The topological polar surface area (TPSA) is 67.4 Å². The fraction of sp³-hybridized carbons (Fsp3) is 1.00. The quantitative estimate of drug-likeness (QED) is 0.650. The van der Waals surface area contributed by atoms with E-state index in [9.17, 15) is 8.42 Å². The molecule has 2 N–H and O–H groups in total. The van der Waals surface area contributed by atoms with Crippen LogP contribution < -0.4 is 10.0 Å². The summed E-state index contributed by atoms with van der Waals surface area (Å²) in [4.78, 5) is 0. The van der Waals surface area contributed by atoms with Gasteiger partial charge in [0.15, 0.2) is 0 Å². The minimum Gasteiger partial charge on any atom is -0.385 e. The Morgan fingerprint density at radius 1 is 1.47 bits per heavy atom. The number of hydrogen-bond donors (Lipinski definition) is 2. The smallest absolute Gasteiger partial charge is 0.211 e. The number of ether oxygens (including phenoxy) is 1. The summed E-state index contributed by atoms with van der Waals surface area (Å²) >= 11 is 0. The molecule has 6 heteroatoms. The third-order valence-electron chi connectivity index (χ3n) is 3.21. The number of rotatable bonds is 7. The summed E-state index contributed by atoms with van der Waals surface area (Å²) in [6, 6.07) is 0.265. The van der Waals surface area contributed by atoms with E-state index < -0.39 is 10.0 Å². The Hall–Kier alpha value is -0.170. The number of methoxy groups -OCH3 is 1. The normalized spacial score (nSPS) is 26.0. The number of piperidine rings is 1. The largest absolute Gasteiger partial charge is 0.385 e. The molecule has 1 heterocycles. The monoisotopic (exact) mass is 264 g/mol. The van der Waals surface area contributed by atoms with Crippen LogP contribution in [0.3, 0.4) is 0 Å². The van der Waals surface area contributed by atoms with Crippen LogP contribution in [-0.4, -0.2) is 47.0 Å². The summed E-state index contributed by atoms with van der Waals surface area (Å²) in [5.74, 6) is 0.674. The van der Waals surface area contributed by atoms with Crippen LogP contribution >= 0.6 is 0 Å². The highest BCUT2D eigenvalue weighted by atomic mass is 32.2. The van der Waals surface area contributed by atoms with Crippen LogP contribution in [0.1, 0.15) is 26.2 Å². The lowest BCUT2D eigenvalue weighted by molar-refractivity contribution is 0.199. The Kier molecular flexibility index (Phi) is 6.40. The van der Waals surface area contributed by atoms with Gasteiger partial charge in [0.1, 0.15) is 0 Å². The molecule has 0 bridgehead atoms. The van der Waals surface area contributed by atoms with Crippen LogP contribution in [-0.2, 0) is 14.8 Å². The van der Waals surface area contributed by atoms with Crippen LogP contribution in [0.2, 0.25) is 0 Å². The van der Waals surface area contributed by atoms with E-state index in [0.717, 1.165) is 6.54 Å². The van der Waals surface area contributed by atoms with Gasteiger partial charge < -0.3 is 10.1 Å². The van der Waals surface area contributed by atoms with Crippen LogP contribution in [0.4, 0.5) is 0 Å². The van der Waals surface area contributed by atoms with Gasteiger partial charge in [-0.05, 0) is 31.7 Å². The van der Waals surface area contributed by atoms with Gasteiger partial charge in [-0.2, -0.15) is 0 Å². The second-order valence-electron chi connectivity index (χ2n) is 4.69. The highest BCUT2D eigenvalue weighted by molar-refractivity contribution is 7.89. The van der Waals surface area contributed by atoms with Gasteiger partial charge in [-0.15, -0.1) is 0 Å². The molecule has 1 rings (SSSR count). The minimum atomic E-state index is -3.15. The molecule has 1 fully saturated rings. The highest BCUT2D eigenvalue weighted by Gasteiger charge is 2.22. The third kappa shape index (κ3) is 5.81. The van der Waals surface area contributed by atoms with E-state index >= 15 is 0 Å². The maximum Gasteiger partial charge on any atom is 0.211 e. The van der Waals surface area contributed by atoms with Crippen molar-refractivity contribution < 1.29 is 13.2 Å². The first-order valence-electron chi connectivity index (χ1n) is 6.25. The third-order valence-corrected chi connectivity index (χ3v) is 4.65. The van der Waals surface area contributed by atoms with Gasteiger partial charge in [0, 0.05) is 26.3 Å². The Morgan fingerprint density at radius 2 is 2.24 bits per heavy atom. The van der Waals surface area contributed by atoms with E-state index in [-0.39, 0.29) is 11.8 Å². The molecule has 0 aromatic carbocycles. The molecule has 1 saturated heterocycles. The van der Waals surface area contributed by atoms with Crippen molar-refractivity contribution in [1.82, 2.24) is 10.0 Å². The van der Waals surface area contributed by atoms with Crippen molar-refractivity contribution in [2.75, 3.05) is 32.6 Å². The molecule has 17 heavy (non-hydrogen) atoms. The van der Waals surface area contributed by atoms with E-state index in [1.165, 1.54) is 12.8 Å². The van der Waals surface area contributed by atoms with E-state index in [1.54, 1.807) is 7.11 Å². The summed E-state index contributed by atoms with van der Waals surface area (Å²) in [6.45, 7) is 4.13. The number of hydrogen-bond acceptors (Lipinski definition) is 4. The first kappa shape index (κ1) is 14.9. The molecule has 0 saturated carbocycles. The predicted octanol–water partition coefficient (Wildman–Crippen LogP) is 0.330. The molecular formula is C11H24N2O3S. The molecule has 0 aromatic heterocycles. The molecule has 1 aliphatic rings. The maximum atomic E-state index is 11.7. The lowest BCUT2D eigenvalue weighted by Gasteiger charge is -2.30. The van der Waals surface area contributed by atoms with Crippen molar-refractivity contribution in [2.45, 2.75) is 32.2 Å². The number of nitrogens with one attached hydrogen (secondary N) is 2.